The maximum atomic E-state index is 11.0. The second-order valence-electron chi connectivity index (χ2n) is 5.22. The van der Waals surface area contributed by atoms with Crippen molar-refractivity contribution in [2.24, 2.45) is 5.10 Å². The molecule has 0 saturated carbocycles. The molecule has 6 nitrogen and oxygen atoms in total. The summed E-state index contributed by atoms with van der Waals surface area (Å²) in [6.07, 6.45) is 0.879. The molecule has 0 aliphatic heterocycles. The number of hydrogen-bond donors (Lipinski definition) is 1. The van der Waals surface area contributed by atoms with E-state index in [4.69, 9.17) is 9.47 Å². The lowest BCUT2D eigenvalue weighted by Gasteiger charge is -2.13. The van der Waals surface area contributed by atoms with Crippen LogP contribution in [0.5, 0.6) is 11.5 Å². The Bertz CT molecular complexity index is 744. The van der Waals surface area contributed by atoms with Gasteiger partial charge in [0.2, 0.25) is 0 Å². The van der Waals surface area contributed by atoms with Crippen LogP contribution >= 0.6 is 0 Å². The lowest BCUT2D eigenvalue weighted by molar-refractivity contribution is 0.171. The molecule has 0 saturated heterocycles. The Labute approximate surface area is 147 Å². The van der Waals surface area contributed by atoms with Crippen molar-refractivity contribution < 1.29 is 19.0 Å². The third-order valence-electron chi connectivity index (χ3n) is 3.47. The zero-order valence-electron chi connectivity index (χ0n) is 14.6. The predicted octanol–water partition coefficient (Wildman–Crippen LogP) is 3.66. The fraction of sp³-hybridized carbons (Fsp3) is 0.263. The molecule has 2 aromatic rings. The molecule has 0 aliphatic carbocycles. The Kier molecular flexibility index (Phi) is 6.83. The van der Waals surface area contributed by atoms with Gasteiger partial charge in [-0.2, -0.15) is 5.10 Å². The molecule has 1 N–H and O–H groups in total. The number of benzene rings is 2. The Balaban J connectivity index is 2.10. The van der Waals surface area contributed by atoms with Crippen LogP contribution in [0, 0.1) is 6.92 Å². The first-order valence-electron chi connectivity index (χ1n) is 7.95. The van der Waals surface area contributed by atoms with Gasteiger partial charge in [-0.1, -0.05) is 24.3 Å². The summed E-state index contributed by atoms with van der Waals surface area (Å²) >= 11 is 0. The van der Waals surface area contributed by atoms with Gasteiger partial charge in [0, 0.05) is 0 Å². The molecule has 0 spiro atoms. The number of aryl methyl sites for hydroxylation is 1. The summed E-state index contributed by atoms with van der Waals surface area (Å²) in [5.74, 6) is 1.28. The van der Waals surface area contributed by atoms with Crippen molar-refractivity contribution in [1.82, 2.24) is 5.43 Å². The molecular weight excluding hydrogens is 320 g/mol. The number of amides is 1. The molecule has 0 heterocycles. The van der Waals surface area contributed by atoms with Crippen LogP contribution in [-0.2, 0) is 11.3 Å². The van der Waals surface area contributed by atoms with Crippen molar-refractivity contribution in [2.75, 3.05) is 13.7 Å². The first-order valence-corrected chi connectivity index (χ1v) is 7.95. The standard InChI is InChI=1S/C19H22N2O4/c1-4-24-18-11-15(12-20-21-19(22)23-3)9-10-17(18)25-13-16-8-6-5-7-14(16)2/h5-12H,4,13H2,1-3H3,(H,21,22). The zero-order valence-corrected chi connectivity index (χ0v) is 14.6. The summed E-state index contributed by atoms with van der Waals surface area (Å²) in [4.78, 5) is 11.0. The third kappa shape index (κ3) is 5.53. The molecule has 0 fully saturated rings. The molecule has 0 atom stereocenters. The number of ether oxygens (including phenoxy) is 3. The molecule has 6 heteroatoms. The monoisotopic (exact) mass is 342 g/mol. The van der Waals surface area contributed by atoms with Crippen LogP contribution in [0.4, 0.5) is 4.79 Å². The van der Waals surface area contributed by atoms with Crippen LogP contribution in [-0.4, -0.2) is 26.0 Å². The smallest absolute Gasteiger partial charge is 0.427 e. The lowest BCUT2D eigenvalue weighted by Crippen LogP contribution is -2.16. The van der Waals surface area contributed by atoms with Crippen molar-refractivity contribution >= 4 is 12.3 Å². The molecule has 0 aliphatic rings. The van der Waals surface area contributed by atoms with Crippen LogP contribution in [0.2, 0.25) is 0 Å². The van der Waals surface area contributed by atoms with E-state index in [0.717, 1.165) is 11.1 Å². The van der Waals surface area contributed by atoms with E-state index in [1.54, 1.807) is 6.07 Å². The second kappa shape index (κ2) is 9.32. The van der Waals surface area contributed by atoms with Crippen molar-refractivity contribution in [3.8, 4) is 11.5 Å². The molecule has 132 valence electrons. The van der Waals surface area contributed by atoms with Crippen LogP contribution in [0.1, 0.15) is 23.6 Å². The number of nitrogens with zero attached hydrogens (tertiary/aromatic N) is 1. The maximum absolute atomic E-state index is 11.0. The first-order chi connectivity index (χ1) is 12.1. The Morgan fingerprint density at radius 2 is 1.96 bits per heavy atom. The molecule has 2 aromatic carbocycles. The van der Waals surface area contributed by atoms with Crippen molar-refractivity contribution in [2.45, 2.75) is 20.5 Å². The van der Waals surface area contributed by atoms with E-state index < -0.39 is 6.09 Å². The quantitative estimate of drug-likeness (QED) is 0.616. The Morgan fingerprint density at radius 1 is 1.16 bits per heavy atom. The first kappa shape index (κ1) is 18.3. The highest BCUT2D eigenvalue weighted by molar-refractivity contribution is 5.82. The van der Waals surface area contributed by atoms with E-state index in [2.05, 4.69) is 28.3 Å². The fourth-order valence-electron chi connectivity index (χ4n) is 2.13. The molecule has 0 unspecified atom stereocenters. The molecule has 0 bridgehead atoms. The van der Waals surface area contributed by atoms with E-state index >= 15 is 0 Å². The molecule has 0 aromatic heterocycles. The Morgan fingerprint density at radius 3 is 2.68 bits per heavy atom. The predicted molar refractivity (Wildman–Crippen MR) is 96.3 cm³/mol. The molecule has 0 radical (unpaired) electrons. The van der Waals surface area contributed by atoms with Crippen LogP contribution in [0.25, 0.3) is 0 Å². The zero-order chi connectivity index (χ0) is 18.1. The van der Waals surface area contributed by atoms with Gasteiger partial charge < -0.3 is 14.2 Å². The minimum absolute atomic E-state index is 0.462. The summed E-state index contributed by atoms with van der Waals surface area (Å²) in [6.45, 7) is 4.94. The SMILES string of the molecule is CCOc1cc(C=NNC(=O)OC)ccc1OCc1ccccc1C. The molecular formula is C19H22N2O4. The largest absolute Gasteiger partial charge is 0.490 e. The summed E-state index contributed by atoms with van der Waals surface area (Å²) in [7, 11) is 1.28. The van der Waals surface area contributed by atoms with Gasteiger partial charge in [-0.05, 0) is 48.7 Å². The highest BCUT2D eigenvalue weighted by Crippen LogP contribution is 2.29. The lowest BCUT2D eigenvalue weighted by atomic mass is 10.1. The van der Waals surface area contributed by atoms with E-state index in [-0.39, 0.29) is 0 Å². The van der Waals surface area contributed by atoms with Crippen molar-refractivity contribution in [1.29, 1.82) is 0 Å². The minimum Gasteiger partial charge on any atom is -0.490 e. The van der Waals surface area contributed by atoms with Gasteiger partial charge in [0.05, 0.1) is 19.9 Å². The van der Waals surface area contributed by atoms with Gasteiger partial charge in [0.25, 0.3) is 0 Å². The normalized spacial score (nSPS) is 10.5. The number of rotatable bonds is 7. The van der Waals surface area contributed by atoms with Crippen LogP contribution in [0.3, 0.4) is 0 Å². The van der Waals surface area contributed by atoms with Gasteiger partial charge in [0.1, 0.15) is 6.61 Å². The third-order valence-corrected chi connectivity index (χ3v) is 3.47. The average molecular weight is 342 g/mol. The average Bonchev–Trinajstić information content (AvgIpc) is 2.62. The molecule has 2 rings (SSSR count). The Hall–Kier alpha value is -3.02. The van der Waals surface area contributed by atoms with Crippen LogP contribution < -0.4 is 14.9 Å². The van der Waals surface area contributed by atoms with Gasteiger partial charge >= 0.3 is 6.09 Å². The second-order valence-corrected chi connectivity index (χ2v) is 5.22. The number of hydrogen-bond acceptors (Lipinski definition) is 5. The number of methoxy groups -OCH3 is 1. The molecule has 1 amide bonds. The number of hydrazone groups is 1. The number of carbonyl (C=O) groups excluding carboxylic acids is 1. The molecule has 25 heavy (non-hydrogen) atoms. The summed E-state index contributed by atoms with van der Waals surface area (Å²) in [5, 5.41) is 3.80. The maximum Gasteiger partial charge on any atom is 0.427 e. The van der Waals surface area contributed by atoms with Gasteiger partial charge in [0.15, 0.2) is 11.5 Å². The summed E-state index contributed by atoms with van der Waals surface area (Å²) in [5.41, 5.74) is 5.30. The van der Waals surface area contributed by atoms with Gasteiger partial charge in [-0.3, -0.25) is 0 Å². The van der Waals surface area contributed by atoms with E-state index in [9.17, 15) is 4.79 Å². The number of carbonyl (C=O) groups is 1. The number of nitrogens with one attached hydrogen (secondary N) is 1. The van der Waals surface area contributed by atoms with E-state index in [1.165, 1.54) is 18.9 Å². The van der Waals surface area contributed by atoms with Crippen molar-refractivity contribution in [3.63, 3.8) is 0 Å². The minimum atomic E-state index is -0.625. The topological polar surface area (TPSA) is 69.2 Å². The highest BCUT2D eigenvalue weighted by Gasteiger charge is 2.07. The highest BCUT2D eigenvalue weighted by atomic mass is 16.5. The summed E-state index contributed by atoms with van der Waals surface area (Å²) in [6, 6.07) is 13.5. The van der Waals surface area contributed by atoms with Crippen molar-refractivity contribution in [3.05, 3.63) is 59.2 Å². The summed E-state index contributed by atoms with van der Waals surface area (Å²) < 4.78 is 16.0. The van der Waals surface area contributed by atoms with E-state index in [0.29, 0.717) is 24.7 Å². The fourth-order valence-corrected chi connectivity index (χ4v) is 2.13. The van der Waals surface area contributed by atoms with Gasteiger partial charge in [-0.25, -0.2) is 10.2 Å². The van der Waals surface area contributed by atoms with E-state index in [1.807, 2.05) is 37.3 Å². The van der Waals surface area contributed by atoms with Crippen LogP contribution in [0.15, 0.2) is 47.6 Å². The van der Waals surface area contributed by atoms with Gasteiger partial charge in [-0.15, -0.1) is 0 Å².